The molecule has 3 rings (SSSR count). The van der Waals surface area contributed by atoms with Crippen LogP contribution in [0.2, 0.25) is 0 Å². The minimum Gasteiger partial charge on any atom is -0.392 e. The van der Waals surface area contributed by atoms with E-state index in [0.29, 0.717) is 13.0 Å². The van der Waals surface area contributed by atoms with E-state index in [9.17, 15) is 5.11 Å². The van der Waals surface area contributed by atoms with Gasteiger partial charge in [-0.25, -0.2) is 4.98 Å². The van der Waals surface area contributed by atoms with Crippen LogP contribution in [0.1, 0.15) is 18.4 Å². The van der Waals surface area contributed by atoms with Gasteiger partial charge in [-0.05, 0) is 13.3 Å². The molecule has 0 spiro atoms. The number of hydrogen-bond donors (Lipinski definition) is 1. The molecule has 3 atom stereocenters. The van der Waals surface area contributed by atoms with E-state index in [2.05, 4.69) is 29.4 Å². The van der Waals surface area contributed by atoms with Crippen molar-refractivity contribution in [1.82, 2.24) is 4.98 Å². The molecule has 0 saturated carbocycles. The normalized spacial score (nSPS) is 23.9. The molecule has 20 heavy (non-hydrogen) atoms. The molecule has 0 bridgehead atoms. The van der Waals surface area contributed by atoms with Gasteiger partial charge in [-0.1, -0.05) is 30.3 Å². The monoisotopic (exact) mass is 289 g/mol. The first-order chi connectivity index (χ1) is 9.72. The number of ether oxygens (including phenoxy) is 1. The second-order valence-electron chi connectivity index (χ2n) is 5.40. The molecule has 3 nitrogen and oxygen atoms in total. The average Bonchev–Trinajstić information content (AvgIpc) is 3.09. The summed E-state index contributed by atoms with van der Waals surface area (Å²) in [6.07, 6.45) is 1.48. The maximum atomic E-state index is 10.3. The summed E-state index contributed by atoms with van der Waals surface area (Å²) in [5, 5.41) is 13.3. The van der Waals surface area contributed by atoms with Crippen LogP contribution in [0.25, 0.3) is 11.3 Å². The Kier molecular flexibility index (Phi) is 4.15. The van der Waals surface area contributed by atoms with E-state index < -0.39 is 0 Å². The van der Waals surface area contributed by atoms with Gasteiger partial charge in [0.25, 0.3) is 0 Å². The maximum absolute atomic E-state index is 10.3. The molecular formula is C16H19NO2S. The molecule has 0 radical (unpaired) electrons. The minimum atomic E-state index is -0.352. The molecule has 2 heterocycles. The zero-order valence-electron chi connectivity index (χ0n) is 11.5. The van der Waals surface area contributed by atoms with Gasteiger partial charge >= 0.3 is 0 Å². The van der Waals surface area contributed by atoms with Gasteiger partial charge < -0.3 is 9.84 Å². The largest absolute Gasteiger partial charge is 0.392 e. The van der Waals surface area contributed by atoms with Crippen LogP contribution in [-0.2, 0) is 11.2 Å². The Balaban J connectivity index is 1.65. The van der Waals surface area contributed by atoms with E-state index in [1.54, 1.807) is 11.3 Å². The molecule has 0 amide bonds. The highest BCUT2D eigenvalue weighted by molar-refractivity contribution is 7.09. The molecule has 2 aromatic rings. The van der Waals surface area contributed by atoms with Crippen LogP contribution in [0.3, 0.4) is 0 Å². The van der Waals surface area contributed by atoms with Gasteiger partial charge in [-0.2, -0.15) is 0 Å². The summed E-state index contributed by atoms with van der Waals surface area (Å²) in [7, 11) is 0. The van der Waals surface area contributed by atoms with Crippen molar-refractivity contribution < 1.29 is 9.84 Å². The first-order valence-corrected chi connectivity index (χ1v) is 7.90. The number of benzene rings is 1. The number of hydrogen-bond acceptors (Lipinski definition) is 4. The second-order valence-corrected chi connectivity index (χ2v) is 6.35. The number of nitrogens with zero attached hydrogens (tertiary/aromatic N) is 1. The standard InChI is InChI=1S/C16H19NO2S/c1-11-7-13(9-19-11)15(18)8-16-17-14(10-20-16)12-5-3-2-4-6-12/h2-6,10-11,13,15,18H,7-9H2,1H3. The lowest BCUT2D eigenvalue weighted by Crippen LogP contribution is -2.23. The van der Waals surface area contributed by atoms with E-state index in [0.717, 1.165) is 22.7 Å². The predicted molar refractivity (Wildman–Crippen MR) is 80.8 cm³/mol. The first-order valence-electron chi connectivity index (χ1n) is 7.02. The average molecular weight is 289 g/mol. The van der Waals surface area contributed by atoms with E-state index in [4.69, 9.17) is 4.74 Å². The van der Waals surface area contributed by atoms with Gasteiger partial charge in [0.15, 0.2) is 0 Å². The third-order valence-corrected chi connectivity index (χ3v) is 4.65. The third kappa shape index (κ3) is 3.08. The lowest BCUT2D eigenvalue weighted by atomic mass is 9.97. The number of aliphatic hydroxyl groups excluding tert-OH is 1. The summed E-state index contributed by atoms with van der Waals surface area (Å²) in [6, 6.07) is 10.1. The molecule has 1 aromatic carbocycles. The van der Waals surface area contributed by atoms with E-state index in [1.807, 2.05) is 18.2 Å². The van der Waals surface area contributed by atoms with Crippen LogP contribution in [0.5, 0.6) is 0 Å². The lowest BCUT2D eigenvalue weighted by Gasteiger charge is -2.14. The molecule has 1 aliphatic rings. The van der Waals surface area contributed by atoms with Crippen LogP contribution in [0.4, 0.5) is 0 Å². The van der Waals surface area contributed by atoms with Crippen LogP contribution in [0.15, 0.2) is 35.7 Å². The summed E-state index contributed by atoms with van der Waals surface area (Å²) in [6.45, 7) is 2.73. The zero-order chi connectivity index (χ0) is 13.9. The van der Waals surface area contributed by atoms with E-state index >= 15 is 0 Å². The highest BCUT2D eigenvalue weighted by Crippen LogP contribution is 2.27. The van der Waals surface area contributed by atoms with E-state index in [1.165, 1.54) is 0 Å². The number of rotatable bonds is 4. The van der Waals surface area contributed by atoms with Crippen molar-refractivity contribution >= 4 is 11.3 Å². The first kappa shape index (κ1) is 13.7. The zero-order valence-corrected chi connectivity index (χ0v) is 12.3. The van der Waals surface area contributed by atoms with Crippen molar-refractivity contribution in [2.45, 2.75) is 32.0 Å². The molecule has 1 fully saturated rings. The molecule has 1 saturated heterocycles. The van der Waals surface area contributed by atoms with Crippen molar-refractivity contribution in [1.29, 1.82) is 0 Å². The Labute approximate surface area is 123 Å². The Hall–Kier alpha value is -1.23. The quantitative estimate of drug-likeness (QED) is 0.940. The molecule has 1 aromatic heterocycles. The molecule has 0 aliphatic carbocycles. The van der Waals surface area contributed by atoms with Crippen LogP contribution < -0.4 is 0 Å². The molecule has 4 heteroatoms. The van der Waals surface area contributed by atoms with Gasteiger partial charge in [-0.3, -0.25) is 0 Å². The second kappa shape index (κ2) is 6.04. The van der Waals surface area contributed by atoms with Crippen molar-refractivity contribution in [3.8, 4) is 11.3 Å². The SMILES string of the molecule is CC1CC(C(O)Cc2nc(-c3ccccc3)cs2)CO1. The smallest absolute Gasteiger partial charge is 0.0958 e. The van der Waals surface area contributed by atoms with Crippen molar-refractivity contribution in [3.05, 3.63) is 40.7 Å². The van der Waals surface area contributed by atoms with Crippen LogP contribution in [0, 0.1) is 5.92 Å². The number of aromatic nitrogens is 1. The number of aliphatic hydroxyl groups is 1. The molecule has 3 unspecified atom stereocenters. The fourth-order valence-electron chi connectivity index (χ4n) is 2.61. The summed E-state index contributed by atoms with van der Waals surface area (Å²) in [5.74, 6) is 0.245. The highest BCUT2D eigenvalue weighted by Gasteiger charge is 2.28. The van der Waals surface area contributed by atoms with Crippen LogP contribution >= 0.6 is 11.3 Å². The summed E-state index contributed by atoms with van der Waals surface area (Å²) >= 11 is 1.62. The fraction of sp³-hybridized carbons (Fsp3) is 0.438. The third-order valence-electron chi connectivity index (χ3n) is 3.78. The highest BCUT2D eigenvalue weighted by atomic mass is 32.1. The van der Waals surface area contributed by atoms with Gasteiger partial charge in [0.1, 0.15) is 0 Å². The Bertz CT molecular complexity index is 555. The van der Waals surface area contributed by atoms with Crippen molar-refractivity contribution in [2.24, 2.45) is 5.92 Å². The summed E-state index contributed by atoms with van der Waals surface area (Å²) in [5.41, 5.74) is 2.12. The molecule has 1 aliphatic heterocycles. The minimum absolute atomic E-state index is 0.245. The van der Waals surface area contributed by atoms with Crippen LogP contribution in [-0.4, -0.2) is 28.9 Å². The Morgan fingerprint density at radius 1 is 1.40 bits per heavy atom. The van der Waals surface area contributed by atoms with Gasteiger partial charge in [0.05, 0.1) is 29.5 Å². The summed E-state index contributed by atoms with van der Waals surface area (Å²) in [4.78, 5) is 4.63. The Morgan fingerprint density at radius 3 is 2.90 bits per heavy atom. The molecular weight excluding hydrogens is 270 g/mol. The number of thiazole rings is 1. The van der Waals surface area contributed by atoms with Gasteiger partial charge in [0, 0.05) is 23.3 Å². The summed E-state index contributed by atoms with van der Waals surface area (Å²) < 4.78 is 5.52. The van der Waals surface area contributed by atoms with E-state index in [-0.39, 0.29) is 18.1 Å². The fourth-order valence-corrected chi connectivity index (χ4v) is 3.46. The Morgan fingerprint density at radius 2 is 2.20 bits per heavy atom. The predicted octanol–water partition coefficient (Wildman–Crippen LogP) is 3.14. The van der Waals surface area contributed by atoms with Crippen molar-refractivity contribution in [2.75, 3.05) is 6.61 Å². The topological polar surface area (TPSA) is 42.4 Å². The van der Waals surface area contributed by atoms with Gasteiger partial charge in [0.2, 0.25) is 0 Å². The molecule has 1 N–H and O–H groups in total. The molecule has 106 valence electrons. The van der Waals surface area contributed by atoms with Gasteiger partial charge in [-0.15, -0.1) is 11.3 Å². The maximum Gasteiger partial charge on any atom is 0.0958 e. The van der Waals surface area contributed by atoms with Crippen molar-refractivity contribution in [3.63, 3.8) is 0 Å². The lowest BCUT2D eigenvalue weighted by molar-refractivity contribution is 0.0806.